The van der Waals surface area contributed by atoms with Crippen molar-refractivity contribution in [1.82, 2.24) is 0 Å². The first-order chi connectivity index (χ1) is 7.13. The molecule has 0 N–H and O–H groups in total. The van der Waals surface area contributed by atoms with Crippen molar-refractivity contribution < 1.29 is 4.79 Å². The molecule has 0 aliphatic carbocycles. The van der Waals surface area contributed by atoms with Crippen molar-refractivity contribution in [3.05, 3.63) is 29.8 Å². The summed E-state index contributed by atoms with van der Waals surface area (Å²) in [5.41, 5.74) is 0.809. The van der Waals surface area contributed by atoms with Crippen LogP contribution in [0.15, 0.2) is 29.2 Å². The second-order valence-electron chi connectivity index (χ2n) is 3.91. The highest BCUT2D eigenvalue weighted by Crippen LogP contribution is 2.22. The molecule has 0 aliphatic rings. The Labute approximate surface area is 96.3 Å². The predicted molar refractivity (Wildman–Crippen MR) is 66.6 cm³/mol. The van der Waals surface area contributed by atoms with Crippen molar-refractivity contribution >= 4 is 17.5 Å². The maximum absolute atomic E-state index is 11.2. The van der Waals surface area contributed by atoms with Gasteiger partial charge in [-0.1, -0.05) is 32.4 Å². The Balaban J connectivity index is 2.62. The van der Waals surface area contributed by atoms with Gasteiger partial charge in [0.15, 0.2) is 5.78 Å². The number of ketones is 1. The summed E-state index contributed by atoms with van der Waals surface area (Å²) in [6, 6.07) is 7.88. The molecule has 0 aliphatic heterocycles. The van der Waals surface area contributed by atoms with Crippen molar-refractivity contribution in [3.63, 3.8) is 0 Å². The first-order valence-corrected chi connectivity index (χ1v) is 6.35. The number of benzene rings is 1. The minimum absolute atomic E-state index is 0.140. The van der Waals surface area contributed by atoms with Crippen LogP contribution in [0.5, 0.6) is 0 Å². The van der Waals surface area contributed by atoms with Gasteiger partial charge in [-0.3, -0.25) is 4.79 Å². The van der Waals surface area contributed by atoms with E-state index in [4.69, 9.17) is 0 Å². The van der Waals surface area contributed by atoms with E-state index in [0.29, 0.717) is 0 Å². The van der Waals surface area contributed by atoms with Crippen LogP contribution < -0.4 is 0 Å². The Bertz CT molecular complexity index is 333. The first kappa shape index (κ1) is 12.3. The van der Waals surface area contributed by atoms with E-state index in [-0.39, 0.29) is 5.78 Å². The molecule has 0 fully saturated rings. The van der Waals surface area contributed by atoms with Gasteiger partial charge in [0, 0.05) is 16.2 Å². The van der Waals surface area contributed by atoms with Crippen LogP contribution in [0.25, 0.3) is 0 Å². The molecular formula is C13H18OS. The smallest absolute Gasteiger partial charge is 0.159 e. The summed E-state index contributed by atoms with van der Waals surface area (Å²) >= 11 is 1.83. The second-order valence-corrected chi connectivity index (χ2v) is 5.00. The normalized spacial score (nSPS) is 12.5. The van der Waals surface area contributed by atoms with E-state index >= 15 is 0 Å². The van der Waals surface area contributed by atoms with Crippen LogP contribution in [0.4, 0.5) is 0 Å². The molecule has 2 heteroatoms. The third-order valence-electron chi connectivity index (χ3n) is 2.47. The largest absolute Gasteiger partial charge is 0.295 e. The fourth-order valence-electron chi connectivity index (χ4n) is 1.16. The van der Waals surface area contributed by atoms with Gasteiger partial charge >= 0.3 is 0 Å². The molecule has 0 saturated heterocycles. The van der Waals surface area contributed by atoms with Gasteiger partial charge in [0.25, 0.3) is 0 Å². The van der Waals surface area contributed by atoms with Crippen LogP contribution in [0.3, 0.4) is 0 Å². The lowest BCUT2D eigenvalue weighted by atomic mass is 10.1. The molecule has 1 rings (SSSR count). The molecule has 1 atom stereocenters. The Hall–Kier alpha value is -0.760. The summed E-state index contributed by atoms with van der Waals surface area (Å²) in [5, 5.41) is 0. The van der Waals surface area contributed by atoms with E-state index in [1.165, 1.54) is 11.3 Å². The lowest BCUT2D eigenvalue weighted by Gasteiger charge is -2.08. The number of Topliss-reactive ketones (excluding diaryl/α,β-unsaturated/α-hetero) is 1. The molecule has 1 aromatic rings. The predicted octanol–water partition coefficient (Wildman–Crippen LogP) is 4.03. The van der Waals surface area contributed by atoms with Crippen molar-refractivity contribution in [3.8, 4) is 0 Å². The lowest BCUT2D eigenvalue weighted by molar-refractivity contribution is 0.101. The fraction of sp³-hybridized carbons (Fsp3) is 0.462. The molecule has 0 radical (unpaired) electrons. The third kappa shape index (κ3) is 4.08. The highest BCUT2D eigenvalue weighted by molar-refractivity contribution is 7.99. The molecule has 1 aromatic carbocycles. The number of rotatable bonds is 5. The van der Waals surface area contributed by atoms with E-state index < -0.39 is 0 Å². The van der Waals surface area contributed by atoms with Gasteiger partial charge in [-0.15, -0.1) is 11.8 Å². The summed E-state index contributed by atoms with van der Waals surface area (Å²) < 4.78 is 0. The topological polar surface area (TPSA) is 17.1 Å². The number of carbonyl (C=O) groups excluding carboxylic acids is 1. The van der Waals surface area contributed by atoms with Gasteiger partial charge in [-0.25, -0.2) is 0 Å². The molecule has 82 valence electrons. The van der Waals surface area contributed by atoms with Gasteiger partial charge in [-0.2, -0.15) is 0 Å². The lowest BCUT2D eigenvalue weighted by Crippen LogP contribution is -1.96. The van der Waals surface area contributed by atoms with Crippen LogP contribution in [-0.4, -0.2) is 11.5 Å². The minimum atomic E-state index is 0.140. The zero-order valence-corrected chi connectivity index (χ0v) is 10.4. The van der Waals surface area contributed by atoms with Crippen LogP contribution in [0.2, 0.25) is 0 Å². The highest BCUT2D eigenvalue weighted by Gasteiger charge is 2.03. The summed E-state index contributed by atoms with van der Waals surface area (Å²) in [7, 11) is 0. The van der Waals surface area contributed by atoms with Gasteiger partial charge in [0.05, 0.1) is 0 Å². The van der Waals surface area contributed by atoms with E-state index in [1.54, 1.807) is 6.92 Å². The molecule has 0 saturated carbocycles. The number of hydrogen-bond acceptors (Lipinski definition) is 2. The van der Waals surface area contributed by atoms with Crippen LogP contribution >= 0.6 is 11.8 Å². The maximum atomic E-state index is 11.2. The molecule has 0 bridgehead atoms. The summed E-state index contributed by atoms with van der Waals surface area (Å²) in [5.74, 6) is 2.00. The van der Waals surface area contributed by atoms with Gasteiger partial charge in [0.2, 0.25) is 0 Å². The Morgan fingerprint density at radius 3 is 2.80 bits per heavy atom. The average molecular weight is 222 g/mol. The van der Waals surface area contributed by atoms with Crippen molar-refractivity contribution in [1.29, 1.82) is 0 Å². The Kier molecular flexibility index (Phi) is 4.89. The maximum Gasteiger partial charge on any atom is 0.159 e. The fourth-order valence-corrected chi connectivity index (χ4v) is 2.26. The van der Waals surface area contributed by atoms with Gasteiger partial charge in [-0.05, 0) is 25.0 Å². The van der Waals surface area contributed by atoms with E-state index in [9.17, 15) is 4.79 Å². The van der Waals surface area contributed by atoms with Crippen LogP contribution in [0.1, 0.15) is 37.6 Å². The van der Waals surface area contributed by atoms with E-state index in [1.807, 2.05) is 30.0 Å². The molecule has 0 heterocycles. The van der Waals surface area contributed by atoms with E-state index in [2.05, 4.69) is 19.9 Å². The first-order valence-electron chi connectivity index (χ1n) is 5.37. The van der Waals surface area contributed by atoms with Crippen molar-refractivity contribution in [2.75, 3.05) is 5.75 Å². The quantitative estimate of drug-likeness (QED) is 0.552. The number of carbonyl (C=O) groups is 1. The molecule has 0 amide bonds. The molecule has 1 nitrogen and oxygen atoms in total. The van der Waals surface area contributed by atoms with Gasteiger partial charge < -0.3 is 0 Å². The minimum Gasteiger partial charge on any atom is -0.295 e. The van der Waals surface area contributed by atoms with Gasteiger partial charge in [0.1, 0.15) is 0 Å². The third-order valence-corrected chi connectivity index (χ3v) is 3.79. The van der Waals surface area contributed by atoms with Crippen molar-refractivity contribution in [2.24, 2.45) is 5.92 Å². The number of hydrogen-bond donors (Lipinski definition) is 0. The summed E-state index contributed by atoms with van der Waals surface area (Å²) in [4.78, 5) is 12.4. The molecule has 15 heavy (non-hydrogen) atoms. The molecule has 0 spiro atoms. The average Bonchev–Trinajstić information content (AvgIpc) is 2.26. The Morgan fingerprint density at radius 2 is 2.20 bits per heavy atom. The molecular weight excluding hydrogens is 204 g/mol. The molecule has 0 aromatic heterocycles. The van der Waals surface area contributed by atoms with Crippen molar-refractivity contribution in [2.45, 2.75) is 32.1 Å². The van der Waals surface area contributed by atoms with Crippen LogP contribution in [-0.2, 0) is 0 Å². The zero-order valence-electron chi connectivity index (χ0n) is 9.62. The zero-order chi connectivity index (χ0) is 11.3. The second kappa shape index (κ2) is 5.96. The summed E-state index contributed by atoms with van der Waals surface area (Å²) in [6.07, 6.45) is 1.21. The van der Waals surface area contributed by atoms with E-state index in [0.717, 1.165) is 17.2 Å². The SMILES string of the molecule is CCC(C)CSc1cccc(C(C)=O)c1. The Morgan fingerprint density at radius 1 is 1.47 bits per heavy atom. The monoisotopic (exact) mass is 222 g/mol. The highest BCUT2D eigenvalue weighted by atomic mass is 32.2. The van der Waals surface area contributed by atoms with Crippen LogP contribution in [0, 0.1) is 5.92 Å². The summed E-state index contributed by atoms with van der Waals surface area (Å²) in [6.45, 7) is 6.07. The molecule has 1 unspecified atom stereocenters. The standard InChI is InChI=1S/C13H18OS/c1-4-10(2)9-15-13-7-5-6-12(8-13)11(3)14/h5-8,10H,4,9H2,1-3H3. The number of thioether (sulfide) groups is 1.